The van der Waals surface area contributed by atoms with Crippen molar-refractivity contribution in [2.24, 2.45) is 16.5 Å². The Labute approximate surface area is 246 Å². The van der Waals surface area contributed by atoms with E-state index in [0.29, 0.717) is 29.5 Å². The van der Waals surface area contributed by atoms with E-state index in [1.165, 1.54) is 12.1 Å². The minimum atomic E-state index is -4.04. The summed E-state index contributed by atoms with van der Waals surface area (Å²) in [4.78, 5) is 28.4. The van der Waals surface area contributed by atoms with Crippen molar-refractivity contribution < 1.29 is 33.0 Å². The second-order valence-electron chi connectivity index (χ2n) is 11.3. The van der Waals surface area contributed by atoms with E-state index in [1.807, 2.05) is 20.8 Å². The van der Waals surface area contributed by atoms with Crippen LogP contribution in [0.25, 0.3) is 0 Å². The number of rotatable bonds is 11. The van der Waals surface area contributed by atoms with Gasteiger partial charge in [0.05, 0.1) is 10.9 Å². The van der Waals surface area contributed by atoms with Crippen LogP contribution in [0.2, 0.25) is 0 Å². The number of guanidine groups is 1. The van der Waals surface area contributed by atoms with E-state index in [2.05, 4.69) is 15.0 Å². The zero-order valence-corrected chi connectivity index (χ0v) is 25.5. The lowest BCUT2D eigenvalue weighted by molar-refractivity contribution is -0.142. The lowest BCUT2D eigenvalue weighted by Gasteiger charge is -2.35. The first-order valence-corrected chi connectivity index (χ1v) is 15.2. The predicted octanol–water partition coefficient (Wildman–Crippen LogP) is 1.93. The Bertz CT molecular complexity index is 1470. The number of hydrogen-bond donors (Lipinski definition) is 6. The average Bonchev–Trinajstić information content (AvgIpc) is 2.89. The highest BCUT2D eigenvalue weighted by Crippen LogP contribution is 2.42. The number of phenolic OH excluding ortho intramolecular Hbond substituents is 1. The summed E-state index contributed by atoms with van der Waals surface area (Å²) < 4.78 is 35.2. The molecule has 0 unspecified atom stereocenters. The summed E-state index contributed by atoms with van der Waals surface area (Å²) in [7, 11) is -4.04. The van der Waals surface area contributed by atoms with Crippen LogP contribution in [-0.4, -0.2) is 60.7 Å². The molecule has 0 bridgehead atoms. The van der Waals surface area contributed by atoms with Gasteiger partial charge in [0.2, 0.25) is 11.9 Å². The smallest absolute Gasteiger partial charge is 0.326 e. The van der Waals surface area contributed by atoms with Crippen LogP contribution < -0.4 is 26.2 Å². The van der Waals surface area contributed by atoms with Crippen molar-refractivity contribution >= 4 is 27.9 Å². The Kier molecular flexibility index (Phi) is 10.1. The highest BCUT2D eigenvalue weighted by atomic mass is 32.2. The minimum absolute atomic E-state index is 0.0166. The van der Waals surface area contributed by atoms with Crippen molar-refractivity contribution in [2.75, 3.05) is 6.54 Å². The number of amides is 1. The first-order valence-electron chi connectivity index (χ1n) is 13.7. The van der Waals surface area contributed by atoms with Crippen molar-refractivity contribution in [3.8, 4) is 11.5 Å². The third kappa shape index (κ3) is 7.91. The highest BCUT2D eigenvalue weighted by Gasteiger charge is 2.33. The van der Waals surface area contributed by atoms with Crippen molar-refractivity contribution in [1.82, 2.24) is 10.0 Å². The fourth-order valence-electron chi connectivity index (χ4n) is 4.96. The summed E-state index contributed by atoms with van der Waals surface area (Å²) in [6, 6.07) is 3.79. The van der Waals surface area contributed by atoms with Gasteiger partial charge in [-0.15, -0.1) is 0 Å². The number of sulfonamides is 1. The van der Waals surface area contributed by atoms with Gasteiger partial charge in [-0.05, 0) is 100 Å². The van der Waals surface area contributed by atoms with Gasteiger partial charge in [-0.25, -0.2) is 17.9 Å². The van der Waals surface area contributed by atoms with E-state index in [9.17, 15) is 28.2 Å². The quantitative estimate of drug-likeness (QED) is 0.126. The van der Waals surface area contributed by atoms with Gasteiger partial charge in [-0.2, -0.15) is 0 Å². The van der Waals surface area contributed by atoms with Crippen LogP contribution in [0.15, 0.2) is 34.2 Å². The highest BCUT2D eigenvalue weighted by molar-refractivity contribution is 7.90. The fraction of sp³-hybridized carbons (Fsp3) is 0.483. The Morgan fingerprint density at radius 1 is 1.12 bits per heavy atom. The molecule has 0 fully saturated rings. The van der Waals surface area contributed by atoms with Crippen molar-refractivity contribution in [3.63, 3.8) is 0 Å². The van der Waals surface area contributed by atoms with Gasteiger partial charge in [0, 0.05) is 13.0 Å². The third-order valence-electron chi connectivity index (χ3n) is 7.46. The number of aliphatic carboxylic acids is 1. The molecule has 3 rings (SSSR count). The average molecular weight is 604 g/mol. The SMILES string of the molecule is Cc1c(C)c(S(=O)(=O)NC(N)=NCCC[C@@H](N)C(=O)N[C@H](Cc2ccc(O)cc2)C(=O)O)c(C)c2c1OC(C)(C)CC2. The van der Waals surface area contributed by atoms with E-state index in [0.717, 1.165) is 23.3 Å². The van der Waals surface area contributed by atoms with E-state index in [-0.39, 0.29) is 41.6 Å². The standard InChI is InChI=1S/C29H41N5O7S/c1-16-17(2)25(18(3)21-12-13-29(4,5)41-24(16)21)42(39,40)34-28(31)32-14-6-7-22(30)26(36)33-23(27(37)38)15-19-8-10-20(35)11-9-19/h8-11,22-23,35H,6-7,12-15,30H2,1-5H3,(H,33,36)(H,37,38)(H3,31,32,34)/t22-,23-/m1/s1. The van der Waals surface area contributed by atoms with Crippen LogP contribution in [0.4, 0.5) is 0 Å². The molecule has 42 heavy (non-hydrogen) atoms. The number of fused-ring (bicyclic) bond motifs is 1. The molecule has 1 aliphatic rings. The molecule has 230 valence electrons. The summed E-state index contributed by atoms with van der Waals surface area (Å²) in [5.41, 5.74) is 15.0. The monoisotopic (exact) mass is 603 g/mol. The Hall–Kier alpha value is -3.84. The second kappa shape index (κ2) is 13.0. The molecule has 0 aromatic heterocycles. The number of carboxylic acids is 1. The predicted molar refractivity (Wildman–Crippen MR) is 159 cm³/mol. The van der Waals surface area contributed by atoms with E-state index in [1.54, 1.807) is 26.0 Å². The number of carboxylic acid groups (broad SMARTS) is 1. The van der Waals surface area contributed by atoms with Crippen LogP contribution in [0.3, 0.4) is 0 Å². The van der Waals surface area contributed by atoms with E-state index >= 15 is 0 Å². The molecule has 0 radical (unpaired) electrons. The van der Waals surface area contributed by atoms with Crippen LogP contribution in [0.1, 0.15) is 60.9 Å². The first kappa shape index (κ1) is 32.7. The molecule has 0 spiro atoms. The molecule has 0 aliphatic carbocycles. The molecular formula is C29H41N5O7S. The number of hydrogen-bond acceptors (Lipinski definition) is 8. The number of nitrogens with one attached hydrogen (secondary N) is 2. The molecule has 1 aliphatic heterocycles. The Balaban J connectivity index is 1.58. The zero-order valence-electron chi connectivity index (χ0n) is 24.7. The molecule has 2 aromatic carbocycles. The number of nitrogens with two attached hydrogens (primary N) is 2. The summed E-state index contributed by atoms with van der Waals surface area (Å²) in [5, 5.41) is 21.3. The normalized spacial score (nSPS) is 16.1. The summed E-state index contributed by atoms with van der Waals surface area (Å²) in [6.45, 7) is 9.46. The lowest BCUT2D eigenvalue weighted by atomic mass is 9.88. The zero-order chi connectivity index (χ0) is 31.4. The molecule has 0 saturated carbocycles. The summed E-state index contributed by atoms with van der Waals surface area (Å²) in [5.74, 6) is -1.37. The topological polar surface area (TPSA) is 206 Å². The van der Waals surface area contributed by atoms with Gasteiger partial charge in [0.15, 0.2) is 0 Å². The van der Waals surface area contributed by atoms with E-state index in [4.69, 9.17) is 16.2 Å². The van der Waals surface area contributed by atoms with Gasteiger partial charge in [-0.1, -0.05) is 12.1 Å². The number of benzene rings is 2. The number of carbonyl (C=O) groups excluding carboxylic acids is 1. The Morgan fingerprint density at radius 3 is 2.38 bits per heavy atom. The number of phenols is 1. The molecule has 12 nitrogen and oxygen atoms in total. The fourth-order valence-corrected chi connectivity index (χ4v) is 6.48. The van der Waals surface area contributed by atoms with Gasteiger partial charge in [-0.3, -0.25) is 9.79 Å². The van der Waals surface area contributed by atoms with Crippen LogP contribution in [0.5, 0.6) is 11.5 Å². The maximum Gasteiger partial charge on any atom is 0.326 e. The Morgan fingerprint density at radius 2 is 1.76 bits per heavy atom. The van der Waals surface area contributed by atoms with Crippen LogP contribution in [0, 0.1) is 20.8 Å². The molecule has 2 aromatic rings. The van der Waals surface area contributed by atoms with Gasteiger partial charge in [0.25, 0.3) is 10.0 Å². The molecule has 8 N–H and O–H groups in total. The number of aliphatic imine (C=N–C) groups is 1. The van der Waals surface area contributed by atoms with E-state index < -0.39 is 34.0 Å². The second-order valence-corrected chi connectivity index (χ2v) is 12.9. The molecular weight excluding hydrogens is 562 g/mol. The van der Waals surface area contributed by atoms with Crippen molar-refractivity contribution in [3.05, 3.63) is 52.1 Å². The molecule has 1 amide bonds. The maximum absolute atomic E-state index is 13.3. The first-order chi connectivity index (χ1) is 19.5. The summed E-state index contributed by atoms with van der Waals surface area (Å²) >= 11 is 0. The van der Waals surface area contributed by atoms with Gasteiger partial charge in [0.1, 0.15) is 23.1 Å². The molecule has 13 heteroatoms. The number of ether oxygens (including phenoxy) is 1. The van der Waals surface area contributed by atoms with Gasteiger partial charge < -0.3 is 31.7 Å². The number of carbonyl (C=O) groups is 2. The largest absolute Gasteiger partial charge is 0.508 e. The summed E-state index contributed by atoms with van der Waals surface area (Å²) in [6.07, 6.45) is 1.94. The minimum Gasteiger partial charge on any atom is -0.508 e. The molecule has 2 atom stereocenters. The van der Waals surface area contributed by atoms with Crippen molar-refractivity contribution in [2.45, 2.75) is 89.3 Å². The molecule has 0 saturated heterocycles. The number of nitrogens with zero attached hydrogens (tertiary/aromatic N) is 1. The maximum atomic E-state index is 13.3. The van der Waals surface area contributed by atoms with Crippen LogP contribution >= 0.6 is 0 Å². The lowest BCUT2D eigenvalue weighted by Crippen LogP contribution is -2.49. The van der Waals surface area contributed by atoms with Crippen molar-refractivity contribution in [1.29, 1.82) is 0 Å². The number of aromatic hydroxyl groups is 1. The van der Waals surface area contributed by atoms with Gasteiger partial charge >= 0.3 is 5.97 Å². The third-order valence-corrected chi connectivity index (χ3v) is 9.08. The van der Waals surface area contributed by atoms with Crippen LogP contribution in [-0.2, 0) is 32.5 Å². The molecule has 1 heterocycles.